The van der Waals surface area contributed by atoms with Crippen LogP contribution in [0.2, 0.25) is 5.28 Å². The number of ketones is 1. The van der Waals surface area contributed by atoms with Crippen LogP contribution < -0.4 is 5.32 Å². The number of carbonyl (C=O) groups excluding carboxylic acids is 2. The van der Waals surface area contributed by atoms with Gasteiger partial charge in [0.05, 0.1) is 11.4 Å². The first-order valence-corrected chi connectivity index (χ1v) is 4.62. The van der Waals surface area contributed by atoms with E-state index in [-0.39, 0.29) is 22.7 Å². The number of amides is 1. The van der Waals surface area contributed by atoms with Crippen molar-refractivity contribution in [1.29, 1.82) is 0 Å². The Morgan fingerprint density at radius 2 is 1.87 bits per heavy atom. The Morgan fingerprint density at radius 1 is 1.27 bits per heavy atom. The number of rotatable bonds is 2. The third-order valence-corrected chi connectivity index (χ3v) is 1.87. The number of halogens is 1. The number of nitrogens with one attached hydrogen (secondary N) is 1. The molecule has 1 rings (SSSR count). The molecule has 0 spiro atoms. The van der Waals surface area contributed by atoms with E-state index in [0.717, 1.165) is 0 Å². The van der Waals surface area contributed by atoms with Gasteiger partial charge in [0.2, 0.25) is 11.2 Å². The van der Waals surface area contributed by atoms with Crippen molar-refractivity contribution in [3.8, 4) is 0 Å². The average molecular weight is 228 g/mol. The molecule has 0 aliphatic carbocycles. The van der Waals surface area contributed by atoms with Gasteiger partial charge in [0, 0.05) is 13.8 Å². The van der Waals surface area contributed by atoms with Crippen LogP contribution in [0.3, 0.4) is 0 Å². The van der Waals surface area contributed by atoms with Gasteiger partial charge >= 0.3 is 0 Å². The second-order valence-corrected chi connectivity index (χ2v) is 3.38. The lowest BCUT2D eigenvalue weighted by molar-refractivity contribution is -0.114. The average Bonchev–Trinajstić information content (AvgIpc) is 2.08. The van der Waals surface area contributed by atoms with Crippen molar-refractivity contribution >= 4 is 29.0 Å². The van der Waals surface area contributed by atoms with Crippen LogP contribution in [0, 0.1) is 6.92 Å². The summed E-state index contributed by atoms with van der Waals surface area (Å²) in [5.74, 6) is -0.558. The highest BCUT2D eigenvalue weighted by Gasteiger charge is 2.15. The Labute approximate surface area is 91.9 Å². The van der Waals surface area contributed by atoms with Gasteiger partial charge < -0.3 is 5.32 Å². The van der Waals surface area contributed by atoms with E-state index >= 15 is 0 Å². The summed E-state index contributed by atoms with van der Waals surface area (Å²) in [6.45, 7) is 4.34. The minimum Gasteiger partial charge on any atom is -0.323 e. The van der Waals surface area contributed by atoms with Crippen molar-refractivity contribution in [3.63, 3.8) is 0 Å². The number of aromatic nitrogens is 2. The van der Waals surface area contributed by atoms with Gasteiger partial charge in [0.1, 0.15) is 5.69 Å². The Kier molecular flexibility index (Phi) is 3.36. The fourth-order valence-electron chi connectivity index (χ4n) is 1.12. The van der Waals surface area contributed by atoms with Gasteiger partial charge in [0.25, 0.3) is 0 Å². The van der Waals surface area contributed by atoms with E-state index in [2.05, 4.69) is 15.3 Å². The lowest BCUT2D eigenvalue weighted by Crippen LogP contribution is -2.14. The molecular formula is C9H10ClN3O2. The number of anilines is 1. The molecule has 15 heavy (non-hydrogen) atoms. The van der Waals surface area contributed by atoms with E-state index in [1.54, 1.807) is 6.92 Å². The van der Waals surface area contributed by atoms with Gasteiger partial charge in [0.15, 0.2) is 5.78 Å². The first-order chi connectivity index (χ1) is 6.91. The predicted molar refractivity (Wildman–Crippen MR) is 56.1 cm³/mol. The zero-order valence-electron chi connectivity index (χ0n) is 8.59. The van der Waals surface area contributed by atoms with E-state index < -0.39 is 0 Å². The maximum absolute atomic E-state index is 11.3. The van der Waals surface area contributed by atoms with Crippen molar-refractivity contribution < 1.29 is 9.59 Å². The molecule has 0 aliphatic heterocycles. The maximum atomic E-state index is 11.3. The van der Waals surface area contributed by atoms with Crippen molar-refractivity contribution in [2.75, 3.05) is 5.32 Å². The Morgan fingerprint density at radius 3 is 2.33 bits per heavy atom. The van der Waals surface area contributed by atoms with E-state index in [0.29, 0.717) is 11.4 Å². The molecule has 0 radical (unpaired) electrons. The lowest BCUT2D eigenvalue weighted by atomic mass is 10.2. The fraction of sp³-hybridized carbons (Fsp3) is 0.333. The minimum atomic E-state index is -0.286. The third kappa shape index (κ3) is 2.73. The molecule has 1 heterocycles. The SMILES string of the molecule is CC(=O)Nc1c(C)nc(Cl)nc1C(C)=O. The molecule has 5 nitrogen and oxygen atoms in total. The molecule has 80 valence electrons. The van der Waals surface area contributed by atoms with E-state index in [9.17, 15) is 9.59 Å². The van der Waals surface area contributed by atoms with Crippen molar-refractivity contribution in [3.05, 3.63) is 16.7 Å². The molecule has 6 heteroatoms. The third-order valence-electron chi connectivity index (χ3n) is 1.70. The summed E-state index contributed by atoms with van der Waals surface area (Å²) >= 11 is 5.62. The van der Waals surface area contributed by atoms with Crippen LogP contribution in [0.15, 0.2) is 0 Å². The summed E-state index contributed by atoms with van der Waals surface area (Å²) in [4.78, 5) is 29.8. The summed E-state index contributed by atoms with van der Waals surface area (Å²) in [5.41, 5.74) is 0.914. The quantitative estimate of drug-likeness (QED) is 0.615. The van der Waals surface area contributed by atoms with Crippen molar-refractivity contribution in [1.82, 2.24) is 9.97 Å². The van der Waals surface area contributed by atoms with Crippen LogP contribution in [0.1, 0.15) is 30.0 Å². The number of carbonyl (C=O) groups is 2. The monoisotopic (exact) mass is 227 g/mol. The van der Waals surface area contributed by atoms with Crippen LogP contribution in [0.25, 0.3) is 0 Å². The summed E-state index contributed by atoms with van der Waals surface area (Å²) < 4.78 is 0. The summed E-state index contributed by atoms with van der Waals surface area (Å²) in [6, 6.07) is 0. The number of hydrogen-bond donors (Lipinski definition) is 1. The highest BCUT2D eigenvalue weighted by Crippen LogP contribution is 2.19. The van der Waals surface area contributed by atoms with Gasteiger partial charge in [-0.15, -0.1) is 0 Å². The van der Waals surface area contributed by atoms with Gasteiger partial charge in [-0.3, -0.25) is 9.59 Å². The van der Waals surface area contributed by atoms with Gasteiger partial charge in [-0.2, -0.15) is 0 Å². The molecule has 0 fully saturated rings. The maximum Gasteiger partial charge on any atom is 0.223 e. The van der Waals surface area contributed by atoms with Crippen LogP contribution in [0.5, 0.6) is 0 Å². The molecule has 0 bridgehead atoms. The zero-order valence-corrected chi connectivity index (χ0v) is 9.34. The normalized spacial score (nSPS) is 9.87. The van der Waals surface area contributed by atoms with Gasteiger partial charge in [-0.25, -0.2) is 9.97 Å². The molecule has 0 atom stereocenters. The van der Waals surface area contributed by atoms with Crippen LogP contribution in [0.4, 0.5) is 5.69 Å². The summed E-state index contributed by atoms with van der Waals surface area (Å²) in [5, 5.41) is 2.50. The van der Waals surface area contributed by atoms with E-state index in [1.807, 2.05) is 0 Å². The highest BCUT2D eigenvalue weighted by atomic mass is 35.5. The van der Waals surface area contributed by atoms with Crippen molar-refractivity contribution in [2.24, 2.45) is 0 Å². The second kappa shape index (κ2) is 4.35. The minimum absolute atomic E-state index is 0.00759. The number of aryl methyl sites for hydroxylation is 1. The van der Waals surface area contributed by atoms with Crippen LogP contribution >= 0.6 is 11.6 Å². The Bertz CT molecular complexity index is 432. The first-order valence-electron chi connectivity index (χ1n) is 4.24. The Balaban J connectivity index is 3.33. The fourth-order valence-corrected chi connectivity index (χ4v) is 1.33. The number of hydrogen-bond acceptors (Lipinski definition) is 4. The molecule has 0 aromatic carbocycles. The lowest BCUT2D eigenvalue weighted by Gasteiger charge is -2.09. The molecule has 0 saturated carbocycles. The smallest absolute Gasteiger partial charge is 0.223 e. The van der Waals surface area contributed by atoms with Crippen LogP contribution in [-0.4, -0.2) is 21.7 Å². The molecular weight excluding hydrogens is 218 g/mol. The molecule has 0 saturated heterocycles. The molecule has 1 aromatic rings. The standard InChI is InChI=1S/C9H10ClN3O2/c1-4-7(12-6(3)15)8(5(2)14)13-9(10)11-4/h1-3H3,(H,12,15). The number of nitrogens with zero attached hydrogens (tertiary/aromatic N) is 2. The Hall–Kier alpha value is -1.49. The highest BCUT2D eigenvalue weighted by molar-refractivity contribution is 6.28. The summed E-state index contributed by atoms with van der Waals surface area (Å²) in [6.07, 6.45) is 0. The molecule has 0 aliphatic rings. The molecule has 1 amide bonds. The van der Waals surface area contributed by atoms with Crippen molar-refractivity contribution in [2.45, 2.75) is 20.8 Å². The van der Waals surface area contributed by atoms with E-state index in [1.165, 1.54) is 13.8 Å². The van der Waals surface area contributed by atoms with Crippen LogP contribution in [-0.2, 0) is 4.79 Å². The zero-order chi connectivity index (χ0) is 11.6. The van der Waals surface area contributed by atoms with Gasteiger partial charge in [-0.1, -0.05) is 0 Å². The predicted octanol–water partition coefficient (Wildman–Crippen LogP) is 1.60. The van der Waals surface area contributed by atoms with E-state index in [4.69, 9.17) is 11.6 Å². The topological polar surface area (TPSA) is 72.0 Å². The molecule has 0 unspecified atom stereocenters. The second-order valence-electron chi connectivity index (χ2n) is 3.04. The summed E-state index contributed by atoms with van der Waals surface area (Å²) in [7, 11) is 0. The largest absolute Gasteiger partial charge is 0.323 e. The first kappa shape index (κ1) is 11.6. The number of Topliss-reactive ketones (excluding diaryl/α,β-unsaturated/α-hetero) is 1. The van der Waals surface area contributed by atoms with Gasteiger partial charge in [-0.05, 0) is 18.5 Å². The molecule has 1 aromatic heterocycles. The molecule has 1 N–H and O–H groups in total.